The van der Waals surface area contributed by atoms with Crippen molar-refractivity contribution in [3.63, 3.8) is 0 Å². The smallest absolute Gasteiger partial charge is 0.136 e. The number of rotatable bonds is 5. The van der Waals surface area contributed by atoms with Crippen LogP contribution in [-0.2, 0) is 4.79 Å². The van der Waals surface area contributed by atoms with E-state index in [0.717, 1.165) is 6.42 Å². The molecule has 0 rings (SSSR count). The highest BCUT2D eigenvalue weighted by molar-refractivity contribution is 5.80. The van der Waals surface area contributed by atoms with Crippen molar-refractivity contribution in [2.45, 2.75) is 33.6 Å². The van der Waals surface area contributed by atoms with Gasteiger partial charge in [0.15, 0.2) is 0 Å². The molecule has 0 heterocycles. The lowest BCUT2D eigenvalue weighted by Crippen LogP contribution is -2.17. The molecular weight excluding hydrogens is 136 g/mol. The summed E-state index contributed by atoms with van der Waals surface area (Å²) in [4.78, 5) is 11.2. The van der Waals surface area contributed by atoms with Crippen molar-refractivity contribution in [2.75, 3.05) is 0 Å². The summed E-state index contributed by atoms with van der Waals surface area (Å²) in [5.41, 5.74) is 0. The van der Waals surface area contributed by atoms with Crippen LogP contribution in [0.5, 0.6) is 0 Å². The first-order chi connectivity index (χ1) is 5.17. The highest BCUT2D eigenvalue weighted by atomic mass is 16.1. The SMILES string of the molecule is C=CC(CC)C(C)C(=O)CC. The van der Waals surface area contributed by atoms with E-state index in [9.17, 15) is 4.79 Å². The average Bonchev–Trinajstić information content (AvgIpc) is 2.05. The molecule has 0 aliphatic carbocycles. The topological polar surface area (TPSA) is 17.1 Å². The maximum Gasteiger partial charge on any atom is 0.136 e. The zero-order chi connectivity index (χ0) is 8.85. The lowest BCUT2D eigenvalue weighted by atomic mass is 9.87. The summed E-state index contributed by atoms with van der Waals surface area (Å²) in [6.07, 6.45) is 3.54. The van der Waals surface area contributed by atoms with E-state index < -0.39 is 0 Å². The van der Waals surface area contributed by atoms with E-state index in [0.29, 0.717) is 18.1 Å². The van der Waals surface area contributed by atoms with Gasteiger partial charge in [0.2, 0.25) is 0 Å². The van der Waals surface area contributed by atoms with Gasteiger partial charge in [0, 0.05) is 12.3 Å². The quantitative estimate of drug-likeness (QED) is 0.556. The van der Waals surface area contributed by atoms with Crippen molar-refractivity contribution in [2.24, 2.45) is 11.8 Å². The Kier molecular flexibility index (Phi) is 4.84. The number of Topliss-reactive ketones (excluding diaryl/α,β-unsaturated/α-hetero) is 1. The summed E-state index contributed by atoms with van der Waals surface area (Å²) in [5.74, 6) is 0.863. The van der Waals surface area contributed by atoms with Gasteiger partial charge >= 0.3 is 0 Å². The molecule has 0 N–H and O–H groups in total. The zero-order valence-corrected chi connectivity index (χ0v) is 7.76. The van der Waals surface area contributed by atoms with Gasteiger partial charge in [0.1, 0.15) is 5.78 Å². The molecular formula is C10H18O. The Labute approximate surface area is 69.5 Å². The molecule has 2 unspecified atom stereocenters. The van der Waals surface area contributed by atoms with E-state index in [1.54, 1.807) is 0 Å². The number of hydrogen-bond donors (Lipinski definition) is 0. The zero-order valence-electron chi connectivity index (χ0n) is 7.76. The largest absolute Gasteiger partial charge is 0.299 e. The van der Waals surface area contributed by atoms with Gasteiger partial charge in [-0.3, -0.25) is 4.79 Å². The second kappa shape index (κ2) is 5.11. The van der Waals surface area contributed by atoms with Crippen LogP contribution >= 0.6 is 0 Å². The number of ketones is 1. The third kappa shape index (κ3) is 2.87. The van der Waals surface area contributed by atoms with Gasteiger partial charge in [-0.2, -0.15) is 0 Å². The first-order valence-electron chi connectivity index (χ1n) is 4.32. The average molecular weight is 154 g/mol. The van der Waals surface area contributed by atoms with E-state index in [4.69, 9.17) is 0 Å². The molecule has 0 radical (unpaired) electrons. The molecule has 0 saturated carbocycles. The molecule has 0 aromatic rings. The Morgan fingerprint density at radius 1 is 1.55 bits per heavy atom. The number of allylic oxidation sites excluding steroid dienone is 1. The van der Waals surface area contributed by atoms with E-state index in [1.165, 1.54) is 0 Å². The van der Waals surface area contributed by atoms with Crippen LogP contribution in [-0.4, -0.2) is 5.78 Å². The Morgan fingerprint density at radius 3 is 2.36 bits per heavy atom. The fourth-order valence-electron chi connectivity index (χ4n) is 1.29. The van der Waals surface area contributed by atoms with Crippen molar-refractivity contribution in [1.29, 1.82) is 0 Å². The van der Waals surface area contributed by atoms with E-state index in [-0.39, 0.29) is 5.92 Å². The monoisotopic (exact) mass is 154 g/mol. The van der Waals surface area contributed by atoms with Gasteiger partial charge in [-0.25, -0.2) is 0 Å². The minimum Gasteiger partial charge on any atom is -0.299 e. The van der Waals surface area contributed by atoms with Crippen molar-refractivity contribution in [1.82, 2.24) is 0 Å². The van der Waals surface area contributed by atoms with Crippen LogP contribution in [0.3, 0.4) is 0 Å². The molecule has 0 aromatic carbocycles. The van der Waals surface area contributed by atoms with Crippen molar-refractivity contribution < 1.29 is 4.79 Å². The van der Waals surface area contributed by atoms with Gasteiger partial charge < -0.3 is 0 Å². The maximum absolute atomic E-state index is 11.2. The predicted octanol–water partition coefficient (Wildman–Crippen LogP) is 2.81. The van der Waals surface area contributed by atoms with Gasteiger partial charge in [0.25, 0.3) is 0 Å². The lowest BCUT2D eigenvalue weighted by molar-refractivity contribution is -0.123. The van der Waals surface area contributed by atoms with Gasteiger partial charge in [-0.05, 0) is 12.3 Å². The van der Waals surface area contributed by atoms with E-state index in [2.05, 4.69) is 13.5 Å². The van der Waals surface area contributed by atoms with Crippen LogP contribution in [0, 0.1) is 11.8 Å². The standard InChI is InChI=1S/C10H18O/c1-5-9(6-2)8(4)10(11)7-3/h5,8-9H,1,6-7H2,2-4H3. The predicted molar refractivity (Wildman–Crippen MR) is 48.4 cm³/mol. The fourth-order valence-corrected chi connectivity index (χ4v) is 1.29. The molecule has 2 atom stereocenters. The first kappa shape index (κ1) is 10.4. The summed E-state index contributed by atoms with van der Waals surface area (Å²) >= 11 is 0. The van der Waals surface area contributed by atoms with Gasteiger partial charge in [-0.1, -0.05) is 26.8 Å². The van der Waals surface area contributed by atoms with Crippen molar-refractivity contribution in [3.8, 4) is 0 Å². The summed E-state index contributed by atoms with van der Waals surface area (Å²) in [5, 5.41) is 0. The molecule has 1 nitrogen and oxygen atoms in total. The molecule has 0 amide bonds. The molecule has 1 heteroatoms. The number of hydrogen-bond acceptors (Lipinski definition) is 1. The Hall–Kier alpha value is -0.590. The number of carbonyl (C=O) groups excluding carboxylic acids is 1. The molecule has 0 aliphatic heterocycles. The highest BCUT2D eigenvalue weighted by Gasteiger charge is 2.17. The van der Waals surface area contributed by atoms with Crippen molar-refractivity contribution in [3.05, 3.63) is 12.7 Å². The molecule has 11 heavy (non-hydrogen) atoms. The van der Waals surface area contributed by atoms with Crippen LogP contribution in [0.1, 0.15) is 33.6 Å². The van der Waals surface area contributed by atoms with Crippen LogP contribution in [0.25, 0.3) is 0 Å². The Balaban J connectivity index is 4.07. The summed E-state index contributed by atoms with van der Waals surface area (Å²) < 4.78 is 0. The van der Waals surface area contributed by atoms with Gasteiger partial charge in [-0.15, -0.1) is 6.58 Å². The summed E-state index contributed by atoms with van der Waals surface area (Å²) in [6, 6.07) is 0. The minimum atomic E-state index is 0.155. The Morgan fingerprint density at radius 2 is 2.09 bits per heavy atom. The normalized spacial score (nSPS) is 15.5. The third-order valence-electron chi connectivity index (χ3n) is 2.27. The Bertz CT molecular complexity index is 138. The lowest BCUT2D eigenvalue weighted by Gasteiger charge is -2.16. The fraction of sp³-hybridized carbons (Fsp3) is 0.700. The van der Waals surface area contributed by atoms with E-state index >= 15 is 0 Å². The van der Waals surface area contributed by atoms with Crippen LogP contribution in [0.4, 0.5) is 0 Å². The molecule has 0 fully saturated rings. The second-order valence-corrected chi connectivity index (χ2v) is 2.92. The molecule has 0 spiro atoms. The highest BCUT2D eigenvalue weighted by Crippen LogP contribution is 2.18. The first-order valence-corrected chi connectivity index (χ1v) is 4.32. The third-order valence-corrected chi connectivity index (χ3v) is 2.27. The summed E-state index contributed by atoms with van der Waals surface area (Å²) in [6.45, 7) is 9.71. The molecule has 0 aromatic heterocycles. The van der Waals surface area contributed by atoms with E-state index in [1.807, 2.05) is 19.9 Å². The van der Waals surface area contributed by atoms with Crippen molar-refractivity contribution >= 4 is 5.78 Å². The molecule has 64 valence electrons. The molecule has 0 saturated heterocycles. The molecule has 0 aliphatic rings. The summed E-state index contributed by atoms with van der Waals surface area (Å²) in [7, 11) is 0. The molecule has 0 bridgehead atoms. The maximum atomic E-state index is 11.2. The van der Waals surface area contributed by atoms with Crippen LogP contribution in [0.15, 0.2) is 12.7 Å². The van der Waals surface area contributed by atoms with Gasteiger partial charge in [0.05, 0.1) is 0 Å². The van der Waals surface area contributed by atoms with Crippen LogP contribution in [0.2, 0.25) is 0 Å². The minimum absolute atomic E-state index is 0.155. The second-order valence-electron chi connectivity index (χ2n) is 2.92. The van der Waals surface area contributed by atoms with Crippen LogP contribution < -0.4 is 0 Å². The number of carbonyl (C=O) groups is 1.